The predicted octanol–water partition coefficient (Wildman–Crippen LogP) is 3.90. The van der Waals surface area contributed by atoms with Gasteiger partial charge < -0.3 is 10.2 Å². The number of nitrogens with one attached hydrogen (secondary N) is 1. The molecule has 0 saturated carbocycles. The zero-order chi connectivity index (χ0) is 23.7. The van der Waals surface area contributed by atoms with Crippen LogP contribution in [0.15, 0.2) is 23.6 Å². The van der Waals surface area contributed by atoms with Crippen LogP contribution >= 0.6 is 22.9 Å². The molecule has 1 aliphatic heterocycles. The maximum absolute atomic E-state index is 13.4. The number of benzene rings is 1. The van der Waals surface area contributed by atoms with Crippen LogP contribution in [0.1, 0.15) is 33.0 Å². The normalized spacial score (nSPS) is 17.8. The van der Waals surface area contributed by atoms with Gasteiger partial charge in [-0.05, 0) is 17.7 Å². The van der Waals surface area contributed by atoms with Crippen molar-refractivity contribution in [3.8, 4) is 6.07 Å². The molecule has 1 aliphatic rings. The Morgan fingerprint density at radius 2 is 2.09 bits per heavy atom. The fourth-order valence-corrected chi connectivity index (χ4v) is 4.23. The zero-order valence-corrected chi connectivity index (χ0v) is 17.6. The first kappa shape index (κ1) is 23.9. The summed E-state index contributed by atoms with van der Waals surface area (Å²) >= 11 is 6.77. The molecule has 1 aromatic heterocycles. The Balaban J connectivity index is 1.59. The molecule has 3 rings (SSSR count). The highest BCUT2D eigenvalue weighted by atomic mass is 35.5. The Kier molecular flexibility index (Phi) is 6.71. The average Bonchev–Trinajstić information content (AvgIpc) is 3.28. The van der Waals surface area contributed by atoms with E-state index in [1.807, 2.05) is 0 Å². The zero-order valence-electron chi connectivity index (χ0n) is 16.0. The third kappa shape index (κ3) is 5.52. The number of thiazole rings is 1. The van der Waals surface area contributed by atoms with Crippen LogP contribution in [0.2, 0.25) is 5.02 Å². The third-order valence-corrected chi connectivity index (χ3v) is 5.78. The van der Waals surface area contributed by atoms with Crippen molar-refractivity contribution in [3.05, 3.63) is 50.4 Å². The number of nitrogens with zero attached hydrogens (tertiary/aromatic N) is 3. The van der Waals surface area contributed by atoms with Crippen LogP contribution < -0.4 is 5.32 Å². The van der Waals surface area contributed by atoms with Crippen molar-refractivity contribution < 1.29 is 31.5 Å². The largest absolute Gasteiger partial charge is 0.417 e. The number of carbonyl (C=O) groups excluding carboxylic acids is 2. The van der Waals surface area contributed by atoms with Crippen LogP contribution in [0, 0.1) is 11.3 Å². The van der Waals surface area contributed by atoms with E-state index in [2.05, 4.69) is 10.3 Å². The van der Waals surface area contributed by atoms with Crippen LogP contribution in [0.3, 0.4) is 0 Å². The maximum atomic E-state index is 13.4. The Morgan fingerprint density at radius 1 is 1.38 bits per heavy atom. The van der Waals surface area contributed by atoms with E-state index in [1.54, 1.807) is 6.07 Å². The molecular formula is C19H14ClF5N4O2S. The molecule has 32 heavy (non-hydrogen) atoms. The van der Waals surface area contributed by atoms with Crippen molar-refractivity contribution >= 4 is 34.8 Å². The molecule has 1 saturated heterocycles. The second-order valence-electron chi connectivity index (χ2n) is 7.02. The van der Waals surface area contributed by atoms with Gasteiger partial charge >= 0.3 is 6.18 Å². The van der Waals surface area contributed by atoms with E-state index in [1.165, 1.54) is 17.5 Å². The molecule has 0 spiro atoms. The predicted molar refractivity (Wildman–Crippen MR) is 104 cm³/mol. The molecule has 170 valence electrons. The number of rotatable bonds is 5. The van der Waals surface area contributed by atoms with Crippen molar-refractivity contribution in [3.63, 3.8) is 0 Å². The third-order valence-electron chi connectivity index (χ3n) is 4.62. The van der Waals surface area contributed by atoms with Gasteiger partial charge in [-0.1, -0.05) is 17.7 Å². The summed E-state index contributed by atoms with van der Waals surface area (Å²) in [6, 6.07) is 3.66. The van der Waals surface area contributed by atoms with Crippen LogP contribution in [0.4, 0.5) is 22.0 Å². The van der Waals surface area contributed by atoms with Gasteiger partial charge in [0.1, 0.15) is 11.7 Å². The highest BCUT2D eigenvalue weighted by molar-refractivity contribution is 7.09. The van der Waals surface area contributed by atoms with E-state index in [4.69, 9.17) is 16.9 Å². The van der Waals surface area contributed by atoms with E-state index in [-0.39, 0.29) is 12.1 Å². The molecule has 0 bridgehead atoms. The Bertz CT molecular complexity index is 1080. The van der Waals surface area contributed by atoms with Crippen molar-refractivity contribution in [2.75, 3.05) is 13.1 Å². The van der Waals surface area contributed by atoms with E-state index in [9.17, 15) is 31.5 Å². The first-order chi connectivity index (χ1) is 14.9. The van der Waals surface area contributed by atoms with E-state index in [0.29, 0.717) is 10.6 Å². The van der Waals surface area contributed by atoms with Crippen molar-refractivity contribution in [1.82, 2.24) is 15.2 Å². The number of halogens is 6. The number of amides is 2. The van der Waals surface area contributed by atoms with Gasteiger partial charge in [-0.15, -0.1) is 11.3 Å². The number of likely N-dealkylation sites (tertiary alicyclic amines) is 1. The fraction of sp³-hybridized carbons (Fsp3) is 0.368. The molecule has 2 amide bonds. The summed E-state index contributed by atoms with van der Waals surface area (Å²) in [5.41, 5.74) is -0.544. The van der Waals surface area contributed by atoms with Gasteiger partial charge in [0.05, 0.1) is 34.8 Å². The molecule has 0 unspecified atom stereocenters. The second-order valence-corrected chi connectivity index (χ2v) is 8.37. The summed E-state index contributed by atoms with van der Waals surface area (Å²) in [5, 5.41) is 12.6. The highest BCUT2D eigenvalue weighted by Gasteiger charge is 2.47. The molecule has 1 aromatic carbocycles. The number of hydrogen-bond donors (Lipinski definition) is 1. The molecule has 0 radical (unpaired) electrons. The van der Waals surface area contributed by atoms with Gasteiger partial charge in [-0.25, -0.2) is 13.8 Å². The van der Waals surface area contributed by atoms with E-state index in [0.717, 1.165) is 22.3 Å². The van der Waals surface area contributed by atoms with Gasteiger partial charge in [-0.3, -0.25) is 9.59 Å². The van der Waals surface area contributed by atoms with Gasteiger partial charge in [0, 0.05) is 18.2 Å². The lowest BCUT2D eigenvalue weighted by Gasteiger charge is -2.19. The van der Waals surface area contributed by atoms with Crippen LogP contribution in [-0.4, -0.2) is 46.8 Å². The standard InChI is InChI=1S/C19H14ClF5N4O2S/c20-13-3-10(1-2-12(13)19(23,24)25)4-15-28-14(8-32-15)17(31)27-7-16(30)29-9-18(21,22)5-11(29)6-26/h1-3,8,11H,4-5,7,9H2,(H,27,31)/t11-/m0/s1. The smallest absolute Gasteiger partial charge is 0.342 e. The van der Waals surface area contributed by atoms with Gasteiger partial charge in [0.2, 0.25) is 5.91 Å². The van der Waals surface area contributed by atoms with E-state index >= 15 is 0 Å². The lowest BCUT2D eigenvalue weighted by Crippen LogP contribution is -2.43. The molecule has 0 aliphatic carbocycles. The quantitative estimate of drug-likeness (QED) is 0.642. The second kappa shape index (κ2) is 8.99. The summed E-state index contributed by atoms with van der Waals surface area (Å²) < 4.78 is 65.2. The molecule has 2 aromatic rings. The lowest BCUT2D eigenvalue weighted by atomic mass is 10.1. The summed E-state index contributed by atoms with van der Waals surface area (Å²) in [7, 11) is 0. The molecule has 6 nitrogen and oxygen atoms in total. The lowest BCUT2D eigenvalue weighted by molar-refractivity contribution is -0.137. The van der Waals surface area contributed by atoms with Crippen molar-refractivity contribution in [2.45, 2.75) is 31.0 Å². The fourth-order valence-electron chi connectivity index (χ4n) is 3.11. The maximum Gasteiger partial charge on any atom is 0.417 e. The minimum atomic E-state index is -4.57. The first-order valence-electron chi connectivity index (χ1n) is 9.05. The number of nitriles is 1. The number of carbonyl (C=O) groups is 2. The van der Waals surface area contributed by atoms with Crippen LogP contribution in [0.5, 0.6) is 0 Å². The topological polar surface area (TPSA) is 86.1 Å². The number of aromatic nitrogens is 1. The summed E-state index contributed by atoms with van der Waals surface area (Å²) in [6.07, 6.45) is -5.20. The molecule has 1 N–H and O–H groups in total. The Hall–Kier alpha value is -2.78. The molecule has 1 atom stereocenters. The Morgan fingerprint density at radius 3 is 2.72 bits per heavy atom. The van der Waals surface area contributed by atoms with Gasteiger partial charge in [-0.2, -0.15) is 18.4 Å². The first-order valence-corrected chi connectivity index (χ1v) is 10.3. The van der Waals surface area contributed by atoms with Crippen LogP contribution in [0.25, 0.3) is 0 Å². The minimum Gasteiger partial charge on any atom is -0.342 e. The monoisotopic (exact) mass is 492 g/mol. The van der Waals surface area contributed by atoms with E-state index < -0.39 is 60.1 Å². The minimum absolute atomic E-state index is 0.0422. The number of alkyl halides is 5. The van der Waals surface area contributed by atoms with Gasteiger partial charge in [0.15, 0.2) is 0 Å². The SMILES string of the molecule is N#C[C@@H]1CC(F)(F)CN1C(=O)CNC(=O)c1csc(Cc2ccc(C(F)(F)F)c(Cl)c2)n1. The van der Waals surface area contributed by atoms with Crippen molar-refractivity contribution in [2.24, 2.45) is 0 Å². The average molecular weight is 493 g/mol. The molecule has 13 heteroatoms. The van der Waals surface area contributed by atoms with Crippen molar-refractivity contribution in [1.29, 1.82) is 5.26 Å². The number of hydrogen-bond acceptors (Lipinski definition) is 5. The summed E-state index contributed by atoms with van der Waals surface area (Å²) in [4.78, 5) is 29.2. The van der Waals surface area contributed by atoms with Crippen LogP contribution in [-0.2, 0) is 17.4 Å². The molecule has 2 heterocycles. The molecular weight excluding hydrogens is 479 g/mol. The molecule has 1 fully saturated rings. The Labute approximate surface area is 187 Å². The van der Waals surface area contributed by atoms with Gasteiger partial charge in [0.25, 0.3) is 11.8 Å². The highest BCUT2D eigenvalue weighted by Crippen LogP contribution is 2.35. The summed E-state index contributed by atoms with van der Waals surface area (Å²) in [6.45, 7) is -1.48. The summed E-state index contributed by atoms with van der Waals surface area (Å²) in [5.74, 6) is -4.71.